The molecule has 0 amide bonds. The molecule has 5 nitrogen and oxygen atoms in total. The summed E-state index contributed by atoms with van der Waals surface area (Å²) < 4.78 is 0. The first-order chi connectivity index (χ1) is 9.74. The summed E-state index contributed by atoms with van der Waals surface area (Å²) in [5, 5.41) is 3.37. The van der Waals surface area contributed by atoms with E-state index < -0.39 is 0 Å². The first-order valence-electron chi connectivity index (χ1n) is 7.71. The zero-order valence-electron chi connectivity index (χ0n) is 13.0. The first-order valence-corrected chi connectivity index (χ1v) is 7.71. The molecule has 2 heterocycles. The van der Waals surface area contributed by atoms with Crippen LogP contribution < -0.4 is 10.2 Å². The minimum atomic E-state index is 0.609. The summed E-state index contributed by atoms with van der Waals surface area (Å²) in [4.78, 5) is 13.8. The van der Waals surface area contributed by atoms with Crippen LogP contribution in [0, 0.1) is 0 Å². The van der Waals surface area contributed by atoms with Gasteiger partial charge in [0, 0.05) is 50.2 Å². The topological polar surface area (TPSA) is 44.3 Å². The number of nitrogens with one attached hydrogen (secondary N) is 1. The smallest absolute Gasteiger partial charge is 0.225 e. The largest absolute Gasteiger partial charge is 0.338 e. The van der Waals surface area contributed by atoms with Crippen LogP contribution in [-0.4, -0.2) is 54.1 Å². The number of aromatic nitrogens is 2. The SMILES string of the molecule is CCCNCc1cnc(N2CCN(C)C(CC)C2)nc1. The van der Waals surface area contributed by atoms with Crippen LogP contribution in [0.3, 0.4) is 0 Å². The van der Waals surface area contributed by atoms with E-state index in [4.69, 9.17) is 0 Å². The number of rotatable bonds is 6. The van der Waals surface area contributed by atoms with Gasteiger partial charge >= 0.3 is 0 Å². The molecule has 0 aromatic carbocycles. The molecular formula is C15H27N5. The van der Waals surface area contributed by atoms with Crippen molar-refractivity contribution >= 4 is 5.95 Å². The predicted octanol–water partition coefficient (Wildman–Crippen LogP) is 1.51. The maximum atomic E-state index is 4.53. The lowest BCUT2D eigenvalue weighted by molar-refractivity contribution is 0.212. The van der Waals surface area contributed by atoms with Gasteiger partial charge in [-0.05, 0) is 26.4 Å². The molecule has 1 aliphatic rings. The Morgan fingerprint density at radius 3 is 2.65 bits per heavy atom. The quantitative estimate of drug-likeness (QED) is 0.799. The molecule has 1 N–H and O–H groups in total. The fourth-order valence-corrected chi connectivity index (χ4v) is 2.58. The van der Waals surface area contributed by atoms with Crippen molar-refractivity contribution in [1.29, 1.82) is 0 Å². The number of hydrogen-bond donors (Lipinski definition) is 1. The molecule has 5 heteroatoms. The van der Waals surface area contributed by atoms with Crippen molar-refractivity contribution in [3.63, 3.8) is 0 Å². The van der Waals surface area contributed by atoms with Crippen molar-refractivity contribution in [3.8, 4) is 0 Å². The van der Waals surface area contributed by atoms with Crippen LogP contribution in [0.25, 0.3) is 0 Å². The summed E-state index contributed by atoms with van der Waals surface area (Å²) in [5.41, 5.74) is 1.16. The third-order valence-corrected chi connectivity index (χ3v) is 3.98. The first kappa shape index (κ1) is 15.2. The Labute approximate surface area is 122 Å². The molecule has 0 spiro atoms. The van der Waals surface area contributed by atoms with Crippen molar-refractivity contribution in [2.45, 2.75) is 39.3 Å². The Morgan fingerprint density at radius 2 is 2.00 bits per heavy atom. The van der Waals surface area contributed by atoms with Gasteiger partial charge in [0.05, 0.1) is 0 Å². The van der Waals surface area contributed by atoms with Gasteiger partial charge in [-0.25, -0.2) is 9.97 Å². The molecule has 1 fully saturated rings. The molecule has 112 valence electrons. The average Bonchev–Trinajstić information content (AvgIpc) is 2.49. The van der Waals surface area contributed by atoms with Gasteiger partial charge in [-0.3, -0.25) is 4.90 Å². The van der Waals surface area contributed by atoms with E-state index in [1.807, 2.05) is 12.4 Å². The van der Waals surface area contributed by atoms with E-state index in [9.17, 15) is 0 Å². The Morgan fingerprint density at radius 1 is 1.25 bits per heavy atom. The average molecular weight is 277 g/mol. The van der Waals surface area contributed by atoms with Gasteiger partial charge in [-0.15, -0.1) is 0 Å². The molecule has 1 saturated heterocycles. The van der Waals surface area contributed by atoms with Crippen molar-refractivity contribution in [3.05, 3.63) is 18.0 Å². The molecule has 0 radical (unpaired) electrons. The van der Waals surface area contributed by atoms with Crippen molar-refractivity contribution in [2.24, 2.45) is 0 Å². The molecule has 1 aromatic heterocycles. The Bertz CT molecular complexity index is 392. The van der Waals surface area contributed by atoms with E-state index in [0.717, 1.165) is 50.7 Å². The molecule has 1 aliphatic heterocycles. The highest BCUT2D eigenvalue weighted by molar-refractivity contribution is 5.31. The zero-order valence-corrected chi connectivity index (χ0v) is 13.0. The maximum Gasteiger partial charge on any atom is 0.225 e. The Hall–Kier alpha value is -1.20. The van der Waals surface area contributed by atoms with Gasteiger partial charge in [0.25, 0.3) is 0 Å². The monoisotopic (exact) mass is 277 g/mol. The Balaban J connectivity index is 1.92. The van der Waals surface area contributed by atoms with E-state index in [1.165, 1.54) is 6.42 Å². The number of likely N-dealkylation sites (N-methyl/N-ethyl adjacent to an activating group) is 1. The molecule has 1 atom stereocenters. The molecule has 0 saturated carbocycles. The normalized spacial score (nSPS) is 20.4. The Kier molecular flexibility index (Phi) is 5.73. The number of nitrogens with zero attached hydrogens (tertiary/aromatic N) is 4. The summed E-state index contributed by atoms with van der Waals surface area (Å²) in [7, 11) is 2.20. The van der Waals surface area contributed by atoms with Crippen LogP contribution in [0.1, 0.15) is 32.3 Å². The summed E-state index contributed by atoms with van der Waals surface area (Å²) in [6, 6.07) is 0.609. The maximum absolute atomic E-state index is 4.53. The number of anilines is 1. The molecule has 1 unspecified atom stereocenters. The van der Waals surface area contributed by atoms with Crippen molar-refractivity contribution < 1.29 is 0 Å². The van der Waals surface area contributed by atoms with E-state index in [2.05, 4.69) is 46.0 Å². The van der Waals surface area contributed by atoms with Gasteiger partial charge in [0.15, 0.2) is 0 Å². The van der Waals surface area contributed by atoms with E-state index in [1.54, 1.807) is 0 Å². The molecular weight excluding hydrogens is 250 g/mol. The lowest BCUT2D eigenvalue weighted by Gasteiger charge is -2.39. The summed E-state index contributed by atoms with van der Waals surface area (Å²) in [6.45, 7) is 9.44. The van der Waals surface area contributed by atoms with Crippen LogP contribution >= 0.6 is 0 Å². The van der Waals surface area contributed by atoms with Gasteiger partial charge in [0.2, 0.25) is 5.95 Å². The summed E-state index contributed by atoms with van der Waals surface area (Å²) >= 11 is 0. The van der Waals surface area contributed by atoms with Gasteiger partial charge < -0.3 is 10.2 Å². The van der Waals surface area contributed by atoms with Gasteiger partial charge in [-0.1, -0.05) is 13.8 Å². The standard InChI is InChI=1S/C15H27N5/c1-4-6-16-9-13-10-17-15(18-11-13)20-8-7-19(3)14(5-2)12-20/h10-11,14,16H,4-9,12H2,1-3H3. The van der Waals surface area contributed by atoms with Crippen LogP contribution in [0.4, 0.5) is 5.95 Å². The fraction of sp³-hybridized carbons (Fsp3) is 0.733. The fourth-order valence-electron chi connectivity index (χ4n) is 2.58. The van der Waals surface area contributed by atoms with E-state index >= 15 is 0 Å². The molecule has 0 bridgehead atoms. The third kappa shape index (κ3) is 3.90. The van der Waals surface area contributed by atoms with Crippen molar-refractivity contribution in [2.75, 3.05) is 38.1 Å². The second-order valence-electron chi connectivity index (χ2n) is 5.56. The summed E-state index contributed by atoms with van der Waals surface area (Å²) in [5.74, 6) is 0.871. The highest BCUT2D eigenvalue weighted by Gasteiger charge is 2.24. The zero-order chi connectivity index (χ0) is 14.4. The van der Waals surface area contributed by atoms with Crippen LogP contribution in [0.15, 0.2) is 12.4 Å². The molecule has 0 aliphatic carbocycles. The minimum Gasteiger partial charge on any atom is -0.338 e. The highest BCUT2D eigenvalue weighted by Crippen LogP contribution is 2.15. The third-order valence-electron chi connectivity index (χ3n) is 3.98. The van der Waals surface area contributed by atoms with Crippen LogP contribution in [0.5, 0.6) is 0 Å². The summed E-state index contributed by atoms with van der Waals surface area (Å²) in [6.07, 6.45) is 6.22. The molecule has 20 heavy (non-hydrogen) atoms. The lowest BCUT2D eigenvalue weighted by Crippen LogP contribution is -2.51. The number of piperazine rings is 1. The molecule has 2 rings (SSSR count). The molecule has 1 aromatic rings. The van der Waals surface area contributed by atoms with Crippen LogP contribution in [-0.2, 0) is 6.54 Å². The highest BCUT2D eigenvalue weighted by atomic mass is 15.3. The van der Waals surface area contributed by atoms with Gasteiger partial charge in [0.1, 0.15) is 0 Å². The van der Waals surface area contributed by atoms with Gasteiger partial charge in [-0.2, -0.15) is 0 Å². The second-order valence-corrected chi connectivity index (χ2v) is 5.56. The van der Waals surface area contributed by atoms with E-state index in [0.29, 0.717) is 6.04 Å². The lowest BCUT2D eigenvalue weighted by atomic mass is 10.1. The predicted molar refractivity (Wildman–Crippen MR) is 83.0 cm³/mol. The van der Waals surface area contributed by atoms with Crippen LogP contribution in [0.2, 0.25) is 0 Å². The second kappa shape index (κ2) is 7.55. The van der Waals surface area contributed by atoms with E-state index in [-0.39, 0.29) is 0 Å². The minimum absolute atomic E-state index is 0.609. The van der Waals surface area contributed by atoms with Crippen molar-refractivity contribution in [1.82, 2.24) is 20.2 Å². The number of hydrogen-bond acceptors (Lipinski definition) is 5.